The van der Waals surface area contributed by atoms with Crippen LogP contribution in [-0.4, -0.2) is 26.8 Å². The Hall–Kier alpha value is -1.94. The van der Waals surface area contributed by atoms with Crippen LogP contribution in [0.25, 0.3) is 21.7 Å². The second-order valence-electron chi connectivity index (χ2n) is 5.35. The van der Waals surface area contributed by atoms with Crippen LogP contribution in [-0.2, 0) is 4.79 Å². The Morgan fingerprint density at radius 2 is 2.15 bits per heavy atom. The number of nitrogens with zero attached hydrogens (tertiary/aromatic N) is 3. The number of carbonyl (C=O) groups excluding carboxylic acids is 1. The molecule has 0 saturated heterocycles. The van der Waals surface area contributed by atoms with Gasteiger partial charge in [0.2, 0.25) is 11.8 Å². The van der Waals surface area contributed by atoms with Crippen molar-refractivity contribution in [2.45, 2.75) is 5.22 Å². The first kappa shape index (κ1) is 18.4. The van der Waals surface area contributed by atoms with Crippen molar-refractivity contribution in [3.63, 3.8) is 0 Å². The molecular formula is C17H10BrClN4O2S2. The van der Waals surface area contributed by atoms with Gasteiger partial charge in [0.05, 0.1) is 16.0 Å². The highest BCUT2D eigenvalue weighted by Gasteiger charge is 2.13. The van der Waals surface area contributed by atoms with Gasteiger partial charge < -0.3 is 9.73 Å². The van der Waals surface area contributed by atoms with E-state index in [1.807, 2.05) is 24.3 Å². The monoisotopic (exact) mass is 480 g/mol. The first-order valence-electron chi connectivity index (χ1n) is 7.65. The van der Waals surface area contributed by atoms with Crippen molar-refractivity contribution in [3.05, 3.63) is 52.0 Å². The molecule has 0 radical (unpaired) electrons. The van der Waals surface area contributed by atoms with E-state index in [4.69, 9.17) is 16.0 Å². The van der Waals surface area contributed by atoms with Crippen LogP contribution < -0.4 is 5.32 Å². The van der Waals surface area contributed by atoms with Crippen LogP contribution in [0.5, 0.6) is 0 Å². The number of thioether (sulfide) groups is 1. The molecule has 0 bridgehead atoms. The van der Waals surface area contributed by atoms with Crippen LogP contribution in [0.2, 0.25) is 5.02 Å². The highest BCUT2D eigenvalue weighted by Crippen LogP contribution is 2.29. The number of nitrogens with one attached hydrogen (secondary N) is 1. The maximum Gasteiger partial charge on any atom is 0.277 e. The van der Waals surface area contributed by atoms with E-state index in [-0.39, 0.29) is 11.7 Å². The van der Waals surface area contributed by atoms with Crippen molar-refractivity contribution < 1.29 is 9.21 Å². The first-order valence-corrected chi connectivity index (χ1v) is 10.6. The van der Waals surface area contributed by atoms with Gasteiger partial charge in [-0.15, -0.1) is 10.2 Å². The summed E-state index contributed by atoms with van der Waals surface area (Å²) in [7, 11) is 0. The summed E-state index contributed by atoms with van der Waals surface area (Å²) in [5, 5.41) is 12.2. The number of fused-ring (bicyclic) bond motifs is 1. The molecule has 0 atom stereocenters. The summed E-state index contributed by atoms with van der Waals surface area (Å²) in [5.41, 5.74) is 1.57. The second kappa shape index (κ2) is 7.97. The summed E-state index contributed by atoms with van der Waals surface area (Å²) >= 11 is 12.0. The third-order valence-corrected chi connectivity index (χ3v) is 5.88. The van der Waals surface area contributed by atoms with E-state index in [2.05, 4.69) is 36.4 Å². The van der Waals surface area contributed by atoms with Gasteiger partial charge in [-0.3, -0.25) is 4.79 Å². The molecule has 4 rings (SSSR count). The average molecular weight is 482 g/mol. The molecule has 1 amide bonds. The predicted octanol–water partition coefficient (Wildman–Crippen LogP) is 5.49. The number of aromatic nitrogens is 3. The van der Waals surface area contributed by atoms with Gasteiger partial charge in [-0.05, 0) is 36.4 Å². The lowest BCUT2D eigenvalue weighted by atomic mass is 10.2. The number of hydrogen-bond acceptors (Lipinski definition) is 7. The molecule has 2 heterocycles. The number of benzene rings is 2. The first-order chi connectivity index (χ1) is 13.1. The number of hydrogen-bond donors (Lipinski definition) is 1. The average Bonchev–Trinajstić information content (AvgIpc) is 3.26. The molecule has 0 spiro atoms. The number of amides is 1. The van der Waals surface area contributed by atoms with Crippen LogP contribution >= 0.6 is 50.6 Å². The molecule has 0 aliphatic heterocycles. The molecule has 0 saturated carbocycles. The van der Waals surface area contributed by atoms with E-state index in [0.717, 1.165) is 32.0 Å². The fourth-order valence-electron chi connectivity index (χ4n) is 2.24. The van der Waals surface area contributed by atoms with Gasteiger partial charge in [0.25, 0.3) is 5.22 Å². The Balaban J connectivity index is 1.37. The van der Waals surface area contributed by atoms with Gasteiger partial charge in [-0.2, -0.15) is 0 Å². The minimum atomic E-state index is -0.194. The maximum absolute atomic E-state index is 12.2. The Bertz CT molecular complexity index is 1130. The molecule has 2 aromatic heterocycles. The van der Waals surface area contributed by atoms with E-state index >= 15 is 0 Å². The molecule has 0 unspecified atom stereocenters. The minimum Gasteiger partial charge on any atom is -0.411 e. The quantitative estimate of drug-likeness (QED) is 0.379. The Kier molecular flexibility index (Phi) is 5.44. The number of rotatable bonds is 5. The van der Waals surface area contributed by atoms with Crippen molar-refractivity contribution in [3.8, 4) is 11.5 Å². The van der Waals surface area contributed by atoms with E-state index in [0.29, 0.717) is 21.3 Å². The standard InChI is InChI=1S/C17H10BrClN4O2S2/c18-10-4-5-12-13(7-10)27-16(20-12)21-14(24)8-26-17-23-22-15(25-17)9-2-1-3-11(19)6-9/h1-7H,8H2,(H,20,21,24). The van der Waals surface area contributed by atoms with E-state index in [9.17, 15) is 4.79 Å². The third-order valence-electron chi connectivity index (χ3n) is 3.40. The summed E-state index contributed by atoms with van der Waals surface area (Å²) in [6.45, 7) is 0. The lowest BCUT2D eigenvalue weighted by molar-refractivity contribution is -0.113. The summed E-state index contributed by atoms with van der Waals surface area (Å²) < 4.78 is 7.54. The van der Waals surface area contributed by atoms with Crippen molar-refractivity contribution in [1.29, 1.82) is 0 Å². The molecule has 10 heteroatoms. The third kappa shape index (κ3) is 4.49. The summed E-state index contributed by atoms with van der Waals surface area (Å²) in [5.74, 6) is 0.300. The minimum absolute atomic E-state index is 0.136. The molecule has 2 aromatic carbocycles. The molecule has 4 aromatic rings. The van der Waals surface area contributed by atoms with Gasteiger partial charge in [-0.1, -0.05) is 56.7 Å². The van der Waals surface area contributed by atoms with Crippen molar-refractivity contribution in [2.24, 2.45) is 0 Å². The second-order valence-corrected chi connectivity index (χ2v) is 8.66. The van der Waals surface area contributed by atoms with Crippen LogP contribution in [0.1, 0.15) is 0 Å². The molecule has 136 valence electrons. The molecule has 27 heavy (non-hydrogen) atoms. The zero-order chi connectivity index (χ0) is 18.8. The van der Waals surface area contributed by atoms with Gasteiger partial charge in [-0.25, -0.2) is 4.98 Å². The van der Waals surface area contributed by atoms with Crippen molar-refractivity contribution >= 4 is 71.9 Å². The molecule has 0 fully saturated rings. The zero-order valence-electron chi connectivity index (χ0n) is 13.5. The fraction of sp³-hybridized carbons (Fsp3) is 0.0588. The van der Waals surface area contributed by atoms with Gasteiger partial charge in [0, 0.05) is 15.1 Å². The summed E-state index contributed by atoms with van der Waals surface area (Å²) in [6, 6.07) is 12.9. The smallest absolute Gasteiger partial charge is 0.277 e. The molecule has 1 N–H and O–H groups in total. The molecular weight excluding hydrogens is 472 g/mol. The highest BCUT2D eigenvalue weighted by molar-refractivity contribution is 9.10. The van der Waals surface area contributed by atoms with Crippen LogP contribution in [0, 0.1) is 0 Å². The number of anilines is 1. The lowest BCUT2D eigenvalue weighted by Gasteiger charge is -1.98. The highest BCUT2D eigenvalue weighted by atomic mass is 79.9. The summed E-state index contributed by atoms with van der Waals surface area (Å²) in [4.78, 5) is 16.6. The van der Waals surface area contributed by atoms with Crippen molar-refractivity contribution in [1.82, 2.24) is 15.2 Å². The topological polar surface area (TPSA) is 80.9 Å². The van der Waals surface area contributed by atoms with E-state index < -0.39 is 0 Å². The molecule has 0 aliphatic rings. The Morgan fingerprint density at radius 1 is 1.26 bits per heavy atom. The lowest BCUT2D eigenvalue weighted by Crippen LogP contribution is -2.13. The van der Waals surface area contributed by atoms with Crippen LogP contribution in [0.15, 0.2) is 56.6 Å². The largest absolute Gasteiger partial charge is 0.411 e. The number of thiazole rings is 1. The van der Waals surface area contributed by atoms with E-state index in [1.165, 1.54) is 11.3 Å². The van der Waals surface area contributed by atoms with Crippen LogP contribution in [0.3, 0.4) is 0 Å². The SMILES string of the molecule is O=C(CSc1nnc(-c2cccc(Cl)c2)o1)Nc1nc2ccc(Br)cc2s1. The van der Waals surface area contributed by atoms with Gasteiger partial charge >= 0.3 is 0 Å². The molecule has 0 aliphatic carbocycles. The normalized spacial score (nSPS) is 11.0. The van der Waals surface area contributed by atoms with Crippen molar-refractivity contribution in [2.75, 3.05) is 11.1 Å². The Labute approximate surface area is 175 Å². The number of carbonyl (C=O) groups is 1. The fourth-order valence-corrected chi connectivity index (χ4v) is 4.43. The zero-order valence-corrected chi connectivity index (χ0v) is 17.5. The van der Waals surface area contributed by atoms with Gasteiger partial charge in [0.15, 0.2) is 5.13 Å². The van der Waals surface area contributed by atoms with Gasteiger partial charge in [0.1, 0.15) is 0 Å². The maximum atomic E-state index is 12.2. The molecule has 6 nitrogen and oxygen atoms in total. The predicted molar refractivity (Wildman–Crippen MR) is 111 cm³/mol. The summed E-state index contributed by atoms with van der Waals surface area (Å²) in [6.07, 6.45) is 0. The van der Waals surface area contributed by atoms with E-state index in [1.54, 1.807) is 18.2 Å². The van der Waals surface area contributed by atoms with Crippen LogP contribution in [0.4, 0.5) is 5.13 Å². The Morgan fingerprint density at radius 3 is 3.00 bits per heavy atom. The number of halogens is 2.